The predicted molar refractivity (Wildman–Crippen MR) is 63.2 cm³/mol. The van der Waals surface area contributed by atoms with Crippen LogP contribution in [0.15, 0.2) is 23.1 Å². The standard InChI is InChI=1S/C12H12FNO2S/c1-7(2)11(12(15)16)17-10-4-3-9(13)5-8(10)6-14/h3-5,7,11H,1-2H3,(H,15,16). The summed E-state index contributed by atoms with van der Waals surface area (Å²) in [5.41, 5.74) is 0.168. The van der Waals surface area contributed by atoms with Gasteiger partial charge < -0.3 is 5.11 Å². The third kappa shape index (κ3) is 3.46. The van der Waals surface area contributed by atoms with Crippen molar-refractivity contribution in [2.24, 2.45) is 5.92 Å². The highest BCUT2D eigenvalue weighted by molar-refractivity contribution is 8.00. The molecule has 0 saturated heterocycles. The van der Waals surface area contributed by atoms with Crippen molar-refractivity contribution >= 4 is 17.7 Å². The molecule has 0 fully saturated rings. The van der Waals surface area contributed by atoms with Gasteiger partial charge in [0.25, 0.3) is 0 Å². The lowest BCUT2D eigenvalue weighted by Crippen LogP contribution is -2.22. The molecule has 1 unspecified atom stereocenters. The summed E-state index contributed by atoms with van der Waals surface area (Å²) in [4.78, 5) is 11.5. The fourth-order valence-electron chi connectivity index (χ4n) is 1.30. The molecule has 1 rings (SSSR count). The first kappa shape index (κ1) is 13.5. The molecule has 0 amide bonds. The van der Waals surface area contributed by atoms with E-state index in [1.54, 1.807) is 13.8 Å². The Kier molecular flexibility index (Phi) is 4.53. The van der Waals surface area contributed by atoms with E-state index in [9.17, 15) is 9.18 Å². The van der Waals surface area contributed by atoms with E-state index in [4.69, 9.17) is 10.4 Å². The third-order valence-corrected chi connectivity index (χ3v) is 3.77. The molecule has 0 bridgehead atoms. The average molecular weight is 253 g/mol. The van der Waals surface area contributed by atoms with Crippen LogP contribution in [-0.4, -0.2) is 16.3 Å². The van der Waals surface area contributed by atoms with Gasteiger partial charge in [0.1, 0.15) is 17.1 Å². The zero-order chi connectivity index (χ0) is 13.0. The van der Waals surface area contributed by atoms with Crippen LogP contribution in [0.2, 0.25) is 0 Å². The molecular weight excluding hydrogens is 241 g/mol. The van der Waals surface area contributed by atoms with Crippen molar-refractivity contribution in [3.05, 3.63) is 29.6 Å². The van der Waals surface area contributed by atoms with Crippen LogP contribution in [0.4, 0.5) is 4.39 Å². The molecule has 0 aliphatic carbocycles. The highest BCUT2D eigenvalue weighted by Gasteiger charge is 2.23. The molecule has 0 aromatic heterocycles. The fourth-order valence-corrected chi connectivity index (χ4v) is 2.33. The Morgan fingerprint density at radius 1 is 1.53 bits per heavy atom. The summed E-state index contributed by atoms with van der Waals surface area (Å²) in [6.07, 6.45) is 0. The molecule has 1 aromatic rings. The maximum Gasteiger partial charge on any atom is 0.317 e. The summed E-state index contributed by atoms with van der Waals surface area (Å²) in [5, 5.41) is 17.3. The number of benzene rings is 1. The second kappa shape index (κ2) is 5.69. The Labute approximate surface area is 103 Å². The number of nitriles is 1. The summed E-state index contributed by atoms with van der Waals surface area (Å²) in [6.45, 7) is 3.59. The molecule has 5 heteroatoms. The highest BCUT2D eigenvalue weighted by atomic mass is 32.2. The smallest absolute Gasteiger partial charge is 0.317 e. The second-order valence-corrected chi connectivity index (χ2v) is 5.06. The van der Waals surface area contributed by atoms with E-state index in [0.717, 1.165) is 17.8 Å². The van der Waals surface area contributed by atoms with Crippen LogP contribution in [0.1, 0.15) is 19.4 Å². The normalized spacial score (nSPS) is 12.2. The number of hydrogen-bond donors (Lipinski definition) is 1. The molecule has 1 aromatic carbocycles. The van der Waals surface area contributed by atoms with Gasteiger partial charge in [-0.05, 0) is 24.1 Å². The van der Waals surface area contributed by atoms with Crippen molar-refractivity contribution in [3.63, 3.8) is 0 Å². The highest BCUT2D eigenvalue weighted by Crippen LogP contribution is 2.31. The first-order valence-corrected chi connectivity index (χ1v) is 5.92. The minimum Gasteiger partial charge on any atom is -0.480 e. The van der Waals surface area contributed by atoms with Crippen LogP contribution in [0, 0.1) is 23.1 Å². The van der Waals surface area contributed by atoms with Crippen molar-refractivity contribution in [2.45, 2.75) is 24.0 Å². The van der Waals surface area contributed by atoms with E-state index in [1.165, 1.54) is 12.1 Å². The van der Waals surface area contributed by atoms with Crippen molar-refractivity contribution in [1.29, 1.82) is 5.26 Å². The molecule has 0 spiro atoms. The average Bonchev–Trinajstić information content (AvgIpc) is 2.26. The predicted octanol–water partition coefficient (Wildman–Crippen LogP) is 2.90. The summed E-state index contributed by atoms with van der Waals surface area (Å²) in [6, 6.07) is 5.64. The number of rotatable bonds is 4. The number of hydrogen-bond acceptors (Lipinski definition) is 3. The Hall–Kier alpha value is -1.54. The molecule has 1 N–H and O–H groups in total. The SMILES string of the molecule is CC(C)C(Sc1ccc(F)cc1C#N)C(=O)O. The van der Waals surface area contributed by atoms with Gasteiger partial charge in [-0.15, -0.1) is 11.8 Å². The molecule has 1 atom stereocenters. The van der Waals surface area contributed by atoms with Gasteiger partial charge >= 0.3 is 5.97 Å². The second-order valence-electron chi connectivity index (χ2n) is 3.87. The number of carbonyl (C=O) groups is 1. The minimum absolute atomic E-state index is 0.0749. The van der Waals surface area contributed by atoms with E-state index >= 15 is 0 Å². The van der Waals surface area contributed by atoms with Gasteiger partial charge in [-0.2, -0.15) is 5.26 Å². The van der Waals surface area contributed by atoms with Crippen molar-refractivity contribution in [1.82, 2.24) is 0 Å². The van der Waals surface area contributed by atoms with Crippen molar-refractivity contribution in [2.75, 3.05) is 0 Å². The molecule has 90 valence electrons. The molecule has 0 radical (unpaired) electrons. The largest absolute Gasteiger partial charge is 0.480 e. The first-order valence-electron chi connectivity index (χ1n) is 5.04. The van der Waals surface area contributed by atoms with Crippen LogP contribution in [-0.2, 0) is 4.79 Å². The van der Waals surface area contributed by atoms with Crippen molar-refractivity contribution < 1.29 is 14.3 Å². The number of aliphatic carboxylic acids is 1. The monoisotopic (exact) mass is 253 g/mol. The number of thioether (sulfide) groups is 1. The molecule has 0 saturated carbocycles. The maximum atomic E-state index is 12.9. The lowest BCUT2D eigenvalue weighted by atomic mass is 10.1. The van der Waals surface area contributed by atoms with Crippen LogP contribution in [0.3, 0.4) is 0 Å². The molecule has 0 heterocycles. The number of carboxylic acid groups (broad SMARTS) is 1. The van der Waals surface area contributed by atoms with E-state index < -0.39 is 17.0 Å². The lowest BCUT2D eigenvalue weighted by molar-refractivity contribution is -0.137. The Bertz CT molecular complexity index is 468. The number of nitrogens with zero attached hydrogens (tertiary/aromatic N) is 1. The Balaban J connectivity index is 3.02. The fraction of sp³-hybridized carbons (Fsp3) is 0.333. The van der Waals surface area contributed by atoms with Gasteiger partial charge in [-0.25, -0.2) is 4.39 Å². The molecule has 17 heavy (non-hydrogen) atoms. The minimum atomic E-state index is -0.932. The molecular formula is C12H12FNO2S. The van der Waals surface area contributed by atoms with Crippen LogP contribution in [0.5, 0.6) is 0 Å². The lowest BCUT2D eigenvalue weighted by Gasteiger charge is -2.16. The van der Waals surface area contributed by atoms with Gasteiger partial charge in [0.2, 0.25) is 0 Å². The van der Waals surface area contributed by atoms with Crippen LogP contribution >= 0.6 is 11.8 Å². The van der Waals surface area contributed by atoms with Crippen molar-refractivity contribution in [3.8, 4) is 6.07 Å². The van der Waals surface area contributed by atoms with E-state index in [2.05, 4.69) is 0 Å². The van der Waals surface area contributed by atoms with Gasteiger partial charge in [0, 0.05) is 4.90 Å². The summed E-state index contributed by atoms with van der Waals surface area (Å²) in [5.74, 6) is -1.50. The van der Waals surface area contributed by atoms with E-state index in [1.807, 2.05) is 6.07 Å². The summed E-state index contributed by atoms with van der Waals surface area (Å²) >= 11 is 1.08. The molecule has 0 aliphatic heterocycles. The summed E-state index contributed by atoms with van der Waals surface area (Å²) < 4.78 is 12.9. The van der Waals surface area contributed by atoms with E-state index in [-0.39, 0.29) is 11.5 Å². The van der Waals surface area contributed by atoms with Crippen LogP contribution in [0.25, 0.3) is 0 Å². The van der Waals surface area contributed by atoms with Gasteiger partial charge in [-0.3, -0.25) is 4.79 Å². The Morgan fingerprint density at radius 2 is 2.18 bits per heavy atom. The summed E-state index contributed by atoms with van der Waals surface area (Å²) in [7, 11) is 0. The maximum absolute atomic E-state index is 12.9. The topological polar surface area (TPSA) is 61.1 Å². The molecule has 0 aliphatic rings. The first-order chi connectivity index (χ1) is 7.95. The van der Waals surface area contributed by atoms with Crippen LogP contribution < -0.4 is 0 Å². The quantitative estimate of drug-likeness (QED) is 0.838. The Morgan fingerprint density at radius 3 is 2.65 bits per heavy atom. The van der Waals surface area contributed by atoms with Gasteiger partial charge in [-0.1, -0.05) is 13.8 Å². The van der Waals surface area contributed by atoms with Gasteiger partial charge in [0.05, 0.1) is 5.56 Å². The zero-order valence-corrected chi connectivity index (χ0v) is 10.3. The zero-order valence-electron chi connectivity index (χ0n) is 9.48. The number of halogens is 1. The van der Waals surface area contributed by atoms with E-state index in [0.29, 0.717) is 4.90 Å². The third-order valence-electron chi connectivity index (χ3n) is 2.16. The van der Waals surface area contributed by atoms with Gasteiger partial charge in [0.15, 0.2) is 0 Å². The number of carboxylic acids is 1. The molecule has 3 nitrogen and oxygen atoms in total.